The van der Waals surface area contributed by atoms with Crippen LogP contribution >= 0.6 is 0 Å². The highest BCUT2D eigenvalue weighted by Gasteiger charge is 2.41. The van der Waals surface area contributed by atoms with Crippen LogP contribution in [0.25, 0.3) is 0 Å². The van der Waals surface area contributed by atoms with E-state index in [1.807, 2.05) is 0 Å². The van der Waals surface area contributed by atoms with Crippen LogP contribution in [0.2, 0.25) is 0 Å². The number of benzene rings is 1. The number of hydrogen-bond acceptors (Lipinski definition) is 2. The van der Waals surface area contributed by atoms with Gasteiger partial charge in [0.25, 0.3) is 0 Å². The van der Waals surface area contributed by atoms with E-state index >= 15 is 0 Å². The highest BCUT2D eigenvalue weighted by Crippen LogP contribution is 2.36. The minimum atomic E-state index is -0.920. The molecule has 0 atom stereocenters. The molecule has 1 saturated carbocycles. The highest BCUT2D eigenvalue weighted by molar-refractivity contribution is 5.88. The molecule has 0 spiro atoms. The van der Waals surface area contributed by atoms with Gasteiger partial charge in [0, 0.05) is 6.54 Å². The largest absolute Gasteiger partial charge is 0.481 e. The predicted octanol–water partition coefficient (Wildman–Crippen LogP) is 3.25. The molecule has 0 aliphatic heterocycles. The molecule has 5 heteroatoms. The molecule has 4 nitrogen and oxygen atoms in total. The SMILES string of the molecule is CC(C)(C(=O)NCC1(C(=O)O)CCCCC1)c1cccc(F)c1. The van der Waals surface area contributed by atoms with Gasteiger partial charge in [-0.05, 0) is 44.4 Å². The van der Waals surface area contributed by atoms with Crippen molar-refractivity contribution >= 4 is 11.9 Å². The maximum absolute atomic E-state index is 13.4. The van der Waals surface area contributed by atoms with Crippen molar-refractivity contribution in [1.82, 2.24) is 5.32 Å². The van der Waals surface area contributed by atoms with Crippen molar-refractivity contribution in [3.63, 3.8) is 0 Å². The van der Waals surface area contributed by atoms with Gasteiger partial charge < -0.3 is 10.4 Å². The number of carboxylic acid groups (broad SMARTS) is 1. The van der Waals surface area contributed by atoms with Crippen molar-refractivity contribution in [2.24, 2.45) is 5.41 Å². The first kappa shape index (κ1) is 17.4. The van der Waals surface area contributed by atoms with Crippen LogP contribution in [0, 0.1) is 11.2 Å². The molecule has 0 aromatic heterocycles. The summed E-state index contributed by atoms with van der Waals surface area (Å²) in [6.07, 6.45) is 3.95. The van der Waals surface area contributed by atoms with E-state index in [1.54, 1.807) is 26.0 Å². The molecule has 1 aromatic rings. The lowest BCUT2D eigenvalue weighted by Gasteiger charge is -2.34. The number of carbonyl (C=O) groups excluding carboxylic acids is 1. The predicted molar refractivity (Wildman–Crippen MR) is 85.6 cm³/mol. The second-order valence-electron chi connectivity index (χ2n) is 6.96. The van der Waals surface area contributed by atoms with Crippen LogP contribution in [0.4, 0.5) is 4.39 Å². The van der Waals surface area contributed by atoms with Crippen molar-refractivity contribution in [2.75, 3.05) is 6.54 Å². The van der Waals surface area contributed by atoms with E-state index in [9.17, 15) is 19.1 Å². The Kier molecular flexibility index (Phi) is 5.07. The minimum absolute atomic E-state index is 0.125. The first-order chi connectivity index (χ1) is 10.8. The van der Waals surface area contributed by atoms with Gasteiger partial charge in [0.2, 0.25) is 5.91 Å². The number of aliphatic carboxylic acids is 1. The topological polar surface area (TPSA) is 66.4 Å². The Morgan fingerprint density at radius 3 is 2.48 bits per heavy atom. The summed E-state index contributed by atoms with van der Waals surface area (Å²) in [6.45, 7) is 3.55. The van der Waals surface area contributed by atoms with Crippen LogP contribution in [0.15, 0.2) is 24.3 Å². The molecule has 126 valence electrons. The van der Waals surface area contributed by atoms with Gasteiger partial charge in [-0.1, -0.05) is 31.4 Å². The molecule has 1 aliphatic rings. The zero-order valence-electron chi connectivity index (χ0n) is 13.7. The molecule has 1 amide bonds. The van der Waals surface area contributed by atoms with Gasteiger partial charge in [-0.25, -0.2) is 4.39 Å². The Hall–Kier alpha value is -1.91. The summed E-state index contributed by atoms with van der Waals surface area (Å²) < 4.78 is 13.4. The third-order valence-corrected chi connectivity index (χ3v) is 4.97. The van der Waals surface area contributed by atoms with E-state index in [1.165, 1.54) is 12.1 Å². The number of amides is 1. The van der Waals surface area contributed by atoms with E-state index in [-0.39, 0.29) is 12.5 Å². The number of halogens is 1. The molecule has 0 saturated heterocycles. The lowest BCUT2D eigenvalue weighted by Crippen LogP contribution is -2.48. The Bertz CT molecular complexity index is 592. The summed E-state index contributed by atoms with van der Waals surface area (Å²) in [6, 6.07) is 5.95. The fraction of sp³-hybridized carbons (Fsp3) is 0.556. The number of rotatable bonds is 5. The van der Waals surface area contributed by atoms with Crippen LogP contribution < -0.4 is 5.32 Å². The fourth-order valence-electron chi connectivity index (χ4n) is 3.17. The van der Waals surface area contributed by atoms with Crippen molar-refractivity contribution < 1.29 is 19.1 Å². The zero-order chi connectivity index (χ0) is 17.1. The highest BCUT2D eigenvalue weighted by atomic mass is 19.1. The second kappa shape index (κ2) is 6.69. The number of nitrogens with one attached hydrogen (secondary N) is 1. The van der Waals surface area contributed by atoms with Gasteiger partial charge in [0.15, 0.2) is 0 Å². The van der Waals surface area contributed by atoms with Gasteiger partial charge >= 0.3 is 5.97 Å². The lowest BCUT2D eigenvalue weighted by molar-refractivity contribution is -0.151. The summed E-state index contributed by atoms with van der Waals surface area (Å²) in [5.41, 5.74) is -1.22. The van der Waals surface area contributed by atoms with E-state index in [0.29, 0.717) is 18.4 Å². The molecule has 2 rings (SSSR count). The van der Waals surface area contributed by atoms with Crippen LogP contribution in [-0.4, -0.2) is 23.5 Å². The van der Waals surface area contributed by atoms with Crippen LogP contribution in [0.1, 0.15) is 51.5 Å². The number of carboxylic acids is 1. The summed E-state index contributed by atoms with van der Waals surface area (Å²) in [7, 11) is 0. The maximum Gasteiger partial charge on any atom is 0.311 e. The Morgan fingerprint density at radius 1 is 1.26 bits per heavy atom. The summed E-state index contributed by atoms with van der Waals surface area (Å²) in [4.78, 5) is 24.2. The first-order valence-electron chi connectivity index (χ1n) is 8.06. The van der Waals surface area contributed by atoms with E-state index in [4.69, 9.17) is 0 Å². The molecule has 0 bridgehead atoms. The number of carbonyl (C=O) groups is 2. The monoisotopic (exact) mass is 321 g/mol. The molecule has 0 unspecified atom stereocenters. The Labute approximate surface area is 136 Å². The summed E-state index contributed by atoms with van der Waals surface area (Å²) in [5.74, 6) is -1.52. The maximum atomic E-state index is 13.4. The van der Waals surface area contributed by atoms with Gasteiger partial charge in [0.05, 0.1) is 10.8 Å². The standard InChI is InChI=1S/C18H24FNO3/c1-17(2,13-7-6-8-14(19)11-13)15(21)20-12-18(16(22)23)9-4-3-5-10-18/h6-8,11H,3-5,9-10,12H2,1-2H3,(H,20,21)(H,22,23). The molecule has 0 heterocycles. The normalized spacial score (nSPS) is 17.5. The number of hydrogen-bond donors (Lipinski definition) is 2. The van der Waals surface area contributed by atoms with Crippen LogP contribution in [0.3, 0.4) is 0 Å². The average molecular weight is 321 g/mol. The molecule has 0 radical (unpaired) electrons. The molecular formula is C18H24FNO3. The zero-order valence-corrected chi connectivity index (χ0v) is 13.7. The van der Waals surface area contributed by atoms with Crippen molar-refractivity contribution in [1.29, 1.82) is 0 Å². The lowest BCUT2D eigenvalue weighted by atomic mass is 9.73. The van der Waals surface area contributed by atoms with Crippen molar-refractivity contribution in [2.45, 2.75) is 51.4 Å². The van der Waals surface area contributed by atoms with Gasteiger partial charge in [-0.2, -0.15) is 0 Å². The van der Waals surface area contributed by atoms with Crippen LogP contribution in [0.5, 0.6) is 0 Å². The van der Waals surface area contributed by atoms with Gasteiger partial charge in [0.1, 0.15) is 5.82 Å². The second-order valence-corrected chi connectivity index (χ2v) is 6.96. The molecule has 1 aliphatic carbocycles. The van der Waals surface area contributed by atoms with E-state index < -0.39 is 22.6 Å². The summed E-state index contributed by atoms with van der Waals surface area (Å²) >= 11 is 0. The molecule has 23 heavy (non-hydrogen) atoms. The molecule has 2 N–H and O–H groups in total. The summed E-state index contributed by atoms with van der Waals surface area (Å²) in [5, 5.41) is 12.3. The van der Waals surface area contributed by atoms with Gasteiger partial charge in [-0.15, -0.1) is 0 Å². The smallest absolute Gasteiger partial charge is 0.311 e. The van der Waals surface area contributed by atoms with Crippen LogP contribution in [-0.2, 0) is 15.0 Å². The van der Waals surface area contributed by atoms with Crippen molar-refractivity contribution in [3.8, 4) is 0 Å². The average Bonchev–Trinajstić information content (AvgIpc) is 2.53. The Balaban J connectivity index is 2.09. The van der Waals surface area contributed by atoms with E-state index in [0.717, 1.165) is 19.3 Å². The minimum Gasteiger partial charge on any atom is -0.481 e. The third kappa shape index (κ3) is 3.71. The molecule has 1 fully saturated rings. The van der Waals surface area contributed by atoms with E-state index in [2.05, 4.69) is 5.32 Å². The van der Waals surface area contributed by atoms with Crippen molar-refractivity contribution in [3.05, 3.63) is 35.6 Å². The molecular weight excluding hydrogens is 297 g/mol. The van der Waals surface area contributed by atoms with Gasteiger partial charge in [-0.3, -0.25) is 9.59 Å². The Morgan fingerprint density at radius 2 is 1.91 bits per heavy atom. The first-order valence-corrected chi connectivity index (χ1v) is 8.06. The quantitative estimate of drug-likeness (QED) is 0.875. The fourth-order valence-corrected chi connectivity index (χ4v) is 3.17. The third-order valence-electron chi connectivity index (χ3n) is 4.97. The molecule has 1 aromatic carbocycles.